The van der Waals surface area contributed by atoms with Gasteiger partial charge in [-0.1, -0.05) is 37.3 Å². The van der Waals surface area contributed by atoms with E-state index < -0.39 is 4.92 Å². The highest BCUT2D eigenvalue weighted by atomic mass is 16.6. The van der Waals surface area contributed by atoms with Gasteiger partial charge in [0.05, 0.1) is 17.6 Å². The minimum absolute atomic E-state index is 0.0106. The first-order valence-electron chi connectivity index (χ1n) is 10.4. The first-order valence-corrected chi connectivity index (χ1v) is 10.4. The Morgan fingerprint density at radius 1 is 1.03 bits per heavy atom. The Morgan fingerprint density at radius 2 is 1.73 bits per heavy atom. The van der Waals surface area contributed by atoms with Crippen LogP contribution < -0.4 is 4.74 Å². The van der Waals surface area contributed by atoms with Crippen LogP contribution in [0.25, 0.3) is 0 Å². The molecule has 4 rings (SSSR count). The molecule has 168 valence electrons. The van der Waals surface area contributed by atoms with E-state index in [9.17, 15) is 19.7 Å². The molecule has 0 saturated carbocycles. The number of nitrogens with zero attached hydrogens (tertiary/aromatic N) is 2. The fourth-order valence-electron chi connectivity index (χ4n) is 4.07. The lowest BCUT2D eigenvalue weighted by Gasteiger charge is -2.15. The maximum atomic E-state index is 13.2. The zero-order valence-electron chi connectivity index (χ0n) is 18.2. The quantitative estimate of drug-likeness (QED) is 0.373. The number of ether oxygens (including phenoxy) is 2. The molecule has 8 nitrogen and oxygen atoms in total. The fraction of sp³-hybridized carbons (Fsp3) is 0.200. The van der Waals surface area contributed by atoms with Crippen LogP contribution in [-0.2, 0) is 24.3 Å². The van der Waals surface area contributed by atoms with E-state index in [1.165, 1.54) is 37.5 Å². The van der Waals surface area contributed by atoms with Gasteiger partial charge in [-0.05, 0) is 24.1 Å². The first-order chi connectivity index (χ1) is 15.9. The van der Waals surface area contributed by atoms with Crippen LogP contribution in [0, 0.1) is 10.1 Å². The largest absolute Gasteiger partial charge is 0.492 e. The number of aromatic nitrogens is 1. The van der Waals surface area contributed by atoms with Crippen molar-refractivity contribution in [2.75, 3.05) is 7.11 Å². The van der Waals surface area contributed by atoms with Gasteiger partial charge in [0.15, 0.2) is 5.76 Å². The molecule has 0 saturated heterocycles. The molecule has 0 fully saturated rings. The first kappa shape index (κ1) is 22.0. The molecular weight excluding hydrogens is 424 g/mol. The van der Waals surface area contributed by atoms with Gasteiger partial charge in [-0.2, -0.15) is 0 Å². The summed E-state index contributed by atoms with van der Waals surface area (Å²) in [6.07, 6.45) is 1.80. The minimum atomic E-state index is -0.484. The van der Waals surface area contributed by atoms with E-state index in [-0.39, 0.29) is 35.2 Å². The van der Waals surface area contributed by atoms with Crippen molar-refractivity contribution in [1.29, 1.82) is 0 Å². The zero-order chi connectivity index (χ0) is 23.5. The number of benzene rings is 2. The van der Waals surface area contributed by atoms with Gasteiger partial charge in [-0.25, -0.2) is 0 Å². The van der Waals surface area contributed by atoms with E-state index >= 15 is 0 Å². The molecule has 0 unspecified atom stereocenters. The van der Waals surface area contributed by atoms with Crippen LogP contribution in [-0.4, -0.2) is 28.2 Å². The molecule has 33 heavy (non-hydrogen) atoms. The summed E-state index contributed by atoms with van der Waals surface area (Å²) >= 11 is 0. The molecule has 1 aromatic heterocycles. The van der Waals surface area contributed by atoms with Gasteiger partial charge in [0.25, 0.3) is 5.69 Å². The predicted octanol–water partition coefficient (Wildman–Crippen LogP) is 4.50. The van der Waals surface area contributed by atoms with Gasteiger partial charge < -0.3 is 14.0 Å². The van der Waals surface area contributed by atoms with E-state index in [4.69, 9.17) is 9.47 Å². The van der Waals surface area contributed by atoms with E-state index in [2.05, 4.69) is 0 Å². The smallest absolute Gasteiger partial charge is 0.269 e. The second-order valence-electron chi connectivity index (χ2n) is 7.52. The molecule has 8 heteroatoms. The Balaban J connectivity index is 1.77. The average molecular weight is 446 g/mol. The Labute approximate surface area is 190 Å². The SMILES string of the molecule is CCc1c(COc2ccc([N+](=O)[O-])cc2)c2c(n1Cc1ccccc1)C(=O)C=C(OC)C2=O. The third-order valence-electron chi connectivity index (χ3n) is 5.60. The number of methoxy groups -OCH3 is 1. The summed E-state index contributed by atoms with van der Waals surface area (Å²) in [5.41, 5.74) is 2.99. The van der Waals surface area contributed by atoms with Crippen molar-refractivity contribution >= 4 is 17.3 Å². The fourth-order valence-corrected chi connectivity index (χ4v) is 4.07. The van der Waals surface area contributed by atoms with E-state index in [0.29, 0.717) is 30.0 Å². The number of carbonyl (C=O) groups is 2. The van der Waals surface area contributed by atoms with Crippen molar-refractivity contribution in [1.82, 2.24) is 4.57 Å². The molecule has 1 aliphatic rings. The van der Waals surface area contributed by atoms with E-state index in [1.807, 2.05) is 41.8 Å². The lowest BCUT2D eigenvalue weighted by Crippen LogP contribution is -2.21. The third-order valence-corrected chi connectivity index (χ3v) is 5.60. The summed E-state index contributed by atoms with van der Waals surface area (Å²) in [6.45, 7) is 2.41. The van der Waals surface area contributed by atoms with Crippen molar-refractivity contribution in [2.45, 2.75) is 26.5 Å². The summed E-state index contributed by atoms with van der Waals surface area (Å²) < 4.78 is 12.9. The number of non-ortho nitro benzene ring substituents is 1. The van der Waals surface area contributed by atoms with Gasteiger partial charge in [-0.3, -0.25) is 19.7 Å². The maximum Gasteiger partial charge on any atom is 0.269 e. The molecule has 0 N–H and O–H groups in total. The number of carbonyl (C=O) groups excluding carboxylic acids is 2. The summed E-state index contributed by atoms with van der Waals surface area (Å²) in [4.78, 5) is 36.6. The second kappa shape index (κ2) is 9.12. The molecule has 0 amide bonds. The van der Waals surface area contributed by atoms with Crippen molar-refractivity contribution in [2.24, 2.45) is 0 Å². The average Bonchev–Trinajstić information content (AvgIpc) is 3.14. The van der Waals surface area contributed by atoms with Crippen LogP contribution in [0.4, 0.5) is 5.69 Å². The Morgan fingerprint density at radius 3 is 2.33 bits per heavy atom. The van der Waals surface area contributed by atoms with Gasteiger partial charge >= 0.3 is 0 Å². The van der Waals surface area contributed by atoms with Gasteiger partial charge in [0, 0.05) is 36.0 Å². The number of nitro benzene ring substituents is 1. The summed E-state index contributed by atoms with van der Waals surface area (Å²) in [5, 5.41) is 10.9. The normalized spacial score (nSPS) is 12.8. The lowest BCUT2D eigenvalue weighted by molar-refractivity contribution is -0.384. The standard InChI is InChI=1S/C25H22N2O6/c1-3-20-19(15-33-18-11-9-17(10-12-18)27(30)31)23-24(21(28)13-22(32-2)25(23)29)26(20)14-16-7-5-4-6-8-16/h4-13H,3,14-15H2,1-2H3. The third kappa shape index (κ3) is 4.15. The van der Waals surface area contributed by atoms with Crippen LogP contribution in [0.1, 0.15) is 44.6 Å². The number of Topliss-reactive ketones (excluding diaryl/α,β-unsaturated/α-hetero) is 1. The van der Waals surface area contributed by atoms with Crippen LogP contribution >= 0.6 is 0 Å². The van der Waals surface area contributed by atoms with Crippen LogP contribution in [0.2, 0.25) is 0 Å². The highest BCUT2D eigenvalue weighted by Gasteiger charge is 2.35. The number of hydrogen-bond acceptors (Lipinski definition) is 6. The summed E-state index contributed by atoms with van der Waals surface area (Å²) in [5.74, 6) is -0.252. The molecule has 3 aromatic rings. The van der Waals surface area contributed by atoms with Crippen molar-refractivity contribution in [3.63, 3.8) is 0 Å². The Hall–Kier alpha value is -4.20. The number of nitro groups is 1. The van der Waals surface area contributed by atoms with Gasteiger partial charge in [0.1, 0.15) is 18.1 Å². The molecule has 0 atom stereocenters. The topological polar surface area (TPSA) is 101 Å². The van der Waals surface area contributed by atoms with Crippen LogP contribution in [0.15, 0.2) is 66.4 Å². The molecule has 0 bridgehead atoms. The number of fused-ring (bicyclic) bond motifs is 1. The molecule has 0 spiro atoms. The lowest BCUT2D eigenvalue weighted by atomic mass is 9.96. The van der Waals surface area contributed by atoms with Crippen molar-refractivity contribution in [3.05, 3.63) is 105 Å². The zero-order valence-corrected chi connectivity index (χ0v) is 18.2. The van der Waals surface area contributed by atoms with Gasteiger partial charge in [0.2, 0.25) is 11.6 Å². The second-order valence-corrected chi connectivity index (χ2v) is 7.52. The van der Waals surface area contributed by atoms with Crippen molar-refractivity contribution in [3.8, 4) is 5.75 Å². The molecule has 2 aromatic carbocycles. The highest BCUT2D eigenvalue weighted by Crippen LogP contribution is 2.33. The van der Waals surface area contributed by atoms with Gasteiger partial charge in [-0.15, -0.1) is 0 Å². The van der Waals surface area contributed by atoms with Crippen molar-refractivity contribution < 1.29 is 24.0 Å². The monoisotopic (exact) mass is 446 g/mol. The summed E-state index contributed by atoms with van der Waals surface area (Å²) in [7, 11) is 1.36. The van der Waals surface area contributed by atoms with Crippen LogP contribution in [0.5, 0.6) is 5.75 Å². The number of hydrogen-bond donors (Lipinski definition) is 0. The maximum absolute atomic E-state index is 13.2. The molecule has 1 aliphatic carbocycles. The molecule has 0 aliphatic heterocycles. The Kier molecular flexibility index (Phi) is 6.08. The minimum Gasteiger partial charge on any atom is -0.492 e. The summed E-state index contributed by atoms with van der Waals surface area (Å²) in [6, 6.07) is 15.4. The highest BCUT2D eigenvalue weighted by molar-refractivity contribution is 6.24. The van der Waals surface area contributed by atoms with E-state index in [0.717, 1.165) is 11.3 Å². The molecule has 0 radical (unpaired) electrons. The number of ketones is 2. The predicted molar refractivity (Wildman–Crippen MR) is 121 cm³/mol. The number of rotatable bonds is 8. The molecule has 1 heterocycles. The number of allylic oxidation sites excluding steroid dienone is 2. The van der Waals surface area contributed by atoms with E-state index in [1.54, 1.807) is 0 Å². The Bertz CT molecular complexity index is 1260. The van der Waals surface area contributed by atoms with Crippen LogP contribution in [0.3, 0.4) is 0 Å². The molecular formula is C25H22N2O6.